The maximum absolute atomic E-state index is 13.7. The van der Waals surface area contributed by atoms with Gasteiger partial charge < -0.3 is 4.74 Å². The minimum atomic E-state index is -0.684. The van der Waals surface area contributed by atoms with Gasteiger partial charge in [-0.25, -0.2) is 18.6 Å². The third kappa shape index (κ3) is 3.33. The quantitative estimate of drug-likeness (QED) is 0.660. The summed E-state index contributed by atoms with van der Waals surface area (Å²) in [6, 6.07) is 3.63. The summed E-state index contributed by atoms with van der Waals surface area (Å²) >= 11 is 1.17. The van der Waals surface area contributed by atoms with Gasteiger partial charge in [0.25, 0.3) is 0 Å². The first-order chi connectivity index (χ1) is 11.6. The van der Waals surface area contributed by atoms with E-state index in [4.69, 9.17) is 4.74 Å². The fraction of sp³-hybridized carbons (Fsp3) is 0.188. The van der Waals surface area contributed by atoms with Gasteiger partial charge in [0.2, 0.25) is 0 Å². The van der Waals surface area contributed by atoms with Crippen LogP contribution in [0.5, 0.6) is 0 Å². The third-order valence-electron chi connectivity index (χ3n) is 3.29. The molecular formula is C16H13F2N3O2S. The fourth-order valence-corrected chi connectivity index (χ4v) is 2.78. The number of hydrogen-bond donors (Lipinski definition) is 0. The van der Waals surface area contributed by atoms with Crippen molar-refractivity contribution in [2.24, 2.45) is 0 Å². The molecule has 24 heavy (non-hydrogen) atoms. The zero-order valence-electron chi connectivity index (χ0n) is 12.7. The first-order valence-corrected chi connectivity index (χ1v) is 8.04. The van der Waals surface area contributed by atoms with Gasteiger partial charge in [0, 0.05) is 18.1 Å². The van der Waals surface area contributed by atoms with Crippen LogP contribution >= 0.6 is 11.3 Å². The molecule has 8 heteroatoms. The number of halogens is 2. The molecule has 0 fully saturated rings. The largest absolute Gasteiger partial charge is 0.455 e. The van der Waals surface area contributed by atoms with E-state index >= 15 is 0 Å². The lowest BCUT2D eigenvalue weighted by molar-refractivity contribution is 0.0472. The number of thiazole rings is 1. The molecule has 0 aliphatic heterocycles. The van der Waals surface area contributed by atoms with E-state index in [0.717, 1.165) is 0 Å². The van der Waals surface area contributed by atoms with Gasteiger partial charge in [-0.3, -0.25) is 4.68 Å². The minimum absolute atomic E-state index is 0.0725. The van der Waals surface area contributed by atoms with Crippen molar-refractivity contribution in [2.45, 2.75) is 20.1 Å². The van der Waals surface area contributed by atoms with Crippen LogP contribution in [0.25, 0.3) is 11.3 Å². The Hall–Kier alpha value is -2.61. The average Bonchev–Trinajstić information content (AvgIpc) is 3.22. The summed E-state index contributed by atoms with van der Waals surface area (Å²) < 4.78 is 34.3. The third-order valence-corrected chi connectivity index (χ3v) is 4.11. The van der Waals surface area contributed by atoms with Crippen LogP contribution in [-0.2, 0) is 17.9 Å². The number of carbonyl (C=O) groups excluding carboxylic acids is 1. The second-order valence-electron chi connectivity index (χ2n) is 4.88. The van der Waals surface area contributed by atoms with Gasteiger partial charge in [-0.2, -0.15) is 5.10 Å². The number of carbonyl (C=O) groups is 1. The molecule has 2 heterocycles. The van der Waals surface area contributed by atoms with Gasteiger partial charge in [-0.1, -0.05) is 6.07 Å². The van der Waals surface area contributed by atoms with Crippen molar-refractivity contribution in [1.29, 1.82) is 0 Å². The number of benzene rings is 1. The molecular weight excluding hydrogens is 336 g/mol. The summed E-state index contributed by atoms with van der Waals surface area (Å²) in [6.45, 7) is 2.48. The van der Waals surface area contributed by atoms with E-state index in [1.54, 1.807) is 10.9 Å². The molecule has 1 aromatic carbocycles. The Kier molecular flexibility index (Phi) is 4.66. The van der Waals surface area contributed by atoms with Gasteiger partial charge in [0.05, 0.1) is 23.0 Å². The molecule has 0 unspecified atom stereocenters. The van der Waals surface area contributed by atoms with Crippen LogP contribution in [0.1, 0.15) is 22.3 Å². The molecule has 3 rings (SSSR count). The SMILES string of the molecule is CCn1cc(C(=O)OCc2nc(-c3c(F)cccc3F)cs2)cn1. The number of hydrogen-bond acceptors (Lipinski definition) is 5. The maximum Gasteiger partial charge on any atom is 0.341 e. The van der Waals surface area contributed by atoms with Crippen molar-refractivity contribution in [1.82, 2.24) is 14.8 Å². The number of aromatic nitrogens is 3. The summed E-state index contributed by atoms with van der Waals surface area (Å²) in [7, 11) is 0. The highest BCUT2D eigenvalue weighted by atomic mass is 32.1. The Bertz CT molecular complexity index is 856. The molecule has 124 valence electrons. The summed E-state index contributed by atoms with van der Waals surface area (Å²) in [6.07, 6.45) is 3.01. The highest BCUT2D eigenvalue weighted by Crippen LogP contribution is 2.27. The second-order valence-corrected chi connectivity index (χ2v) is 5.83. The first-order valence-electron chi connectivity index (χ1n) is 7.17. The van der Waals surface area contributed by atoms with E-state index in [9.17, 15) is 13.6 Å². The van der Waals surface area contributed by atoms with E-state index in [2.05, 4.69) is 10.1 Å². The maximum atomic E-state index is 13.7. The summed E-state index contributed by atoms with van der Waals surface area (Å²) in [5.41, 5.74) is 0.338. The topological polar surface area (TPSA) is 57.0 Å². The van der Waals surface area contributed by atoms with Crippen LogP contribution < -0.4 is 0 Å². The predicted molar refractivity (Wildman–Crippen MR) is 84.5 cm³/mol. The number of esters is 1. The van der Waals surface area contributed by atoms with Crippen LogP contribution in [0.15, 0.2) is 36.0 Å². The van der Waals surface area contributed by atoms with Crippen molar-refractivity contribution in [2.75, 3.05) is 0 Å². The first kappa shape index (κ1) is 16.3. The van der Waals surface area contributed by atoms with Crippen molar-refractivity contribution in [3.63, 3.8) is 0 Å². The van der Waals surface area contributed by atoms with E-state index < -0.39 is 17.6 Å². The zero-order valence-corrected chi connectivity index (χ0v) is 13.5. The molecule has 0 aliphatic rings. The molecule has 0 saturated heterocycles. The van der Waals surface area contributed by atoms with Gasteiger partial charge >= 0.3 is 5.97 Å². The minimum Gasteiger partial charge on any atom is -0.455 e. The van der Waals surface area contributed by atoms with Crippen LogP contribution in [0.4, 0.5) is 8.78 Å². The van der Waals surface area contributed by atoms with Crippen LogP contribution in [-0.4, -0.2) is 20.7 Å². The van der Waals surface area contributed by atoms with E-state index in [-0.39, 0.29) is 17.9 Å². The molecule has 0 saturated carbocycles. The molecule has 0 bridgehead atoms. The molecule has 2 aromatic heterocycles. The van der Waals surface area contributed by atoms with Crippen molar-refractivity contribution >= 4 is 17.3 Å². The summed E-state index contributed by atoms with van der Waals surface area (Å²) in [5.74, 6) is -1.89. The molecule has 0 spiro atoms. The lowest BCUT2D eigenvalue weighted by atomic mass is 10.1. The van der Waals surface area contributed by atoms with Gasteiger partial charge in [0.1, 0.15) is 23.2 Å². The van der Waals surface area contributed by atoms with Crippen LogP contribution in [0, 0.1) is 11.6 Å². The van der Waals surface area contributed by atoms with Gasteiger partial charge in [-0.05, 0) is 19.1 Å². The highest BCUT2D eigenvalue weighted by Gasteiger charge is 2.16. The van der Waals surface area contributed by atoms with Gasteiger partial charge in [0.15, 0.2) is 0 Å². The fourth-order valence-electron chi connectivity index (χ4n) is 2.09. The Labute approximate surface area is 140 Å². The van der Waals surface area contributed by atoms with E-state index in [0.29, 0.717) is 17.1 Å². The number of rotatable bonds is 5. The van der Waals surface area contributed by atoms with Gasteiger partial charge in [-0.15, -0.1) is 11.3 Å². The Morgan fingerprint density at radius 3 is 2.75 bits per heavy atom. The Balaban J connectivity index is 1.69. The lowest BCUT2D eigenvalue weighted by Gasteiger charge is -2.01. The van der Waals surface area contributed by atoms with E-state index in [1.807, 2.05) is 6.92 Å². The van der Waals surface area contributed by atoms with Crippen LogP contribution in [0.3, 0.4) is 0 Å². The Morgan fingerprint density at radius 2 is 2.08 bits per heavy atom. The molecule has 0 amide bonds. The lowest BCUT2D eigenvalue weighted by Crippen LogP contribution is -2.04. The Morgan fingerprint density at radius 1 is 1.33 bits per heavy atom. The molecule has 0 aliphatic carbocycles. The molecule has 0 atom stereocenters. The van der Waals surface area contributed by atoms with Crippen LogP contribution in [0.2, 0.25) is 0 Å². The summed E-state index contributed by atoms with van der Waals surface area (Å²) in [4.78, 5) is 16.0. The molecule has 3 aromatic rings. The molecule has 5 nitrogen and oxygen atoms in total. The monoisotopic (exact) mass is 349 g/mol. The number of ether oxygens (including phenoxy) is 1. The molecule has 0 N–H and O–H groups in total. The highest BCUT2D eigenvalue weighted by molar-refractivity contribution is 7.09. The summed E-state index contributed by atoms with van der Waals surface area (Å²) in [5, 5.41) is 5.97. The smallest absolute Gasteiger partial charge is 0.341 e. The average molecular weight is 349 g/mol. The standard InChI is InChI=1S/C16H13F2N3O2S/c1-2-21-7-10(6-19-21)16(22)23-8-14-20-13(9-24-14)15-11(17)4-3-5-12(15)18/h3-7,9H,2,8H2,1H3. The van der Waals surface area contributed by atoms with Crippen molar-refractivity contribution in [3.8, 4) is 11.3 Å². The normalized spacial score (nSPS) is 10.8. The van der Waals surface area contributed by atoms with Crippen molar-refractivity contribution in [3.05, 3.63) is 58.2 Å². The second kappa shape index (κ2) is 6.88. The number of aryl methyl sites for hydroxylation is 1. The van der Waals surface area contributed by atoms with E-state index in [1.165, 1.54) is 41.1 Å². The number of nitrogens with zero attached hydrogens (tertiary/aromatic N) is 3. The zero-order chi connectivity index (χ0) is 17.1. The predicted octanol–water partition coefficient (Wildman–Crippen LogP) is 3.66. The van der Waals surface area contributed by atoms with Crippen molar-refractivity contribution < 1.29 is 18.3 Å². The molecule has 0 radical (unpaired) electrons.